The molecule has 1 heterocycles. The zero-order chi connectivity index (χ0) is 18.2. The predicted molar refractivity (Wildman–Crippen MR) is 94.7 cm³/mol. The Morgan fingerprint density at radius 1 is 1.16 bits per heavy atom. The average molecular weight is 341 g/mol. The Hall–Kier alpha value is -2.69. The number of hydrogen-bond donors (Lipinski definition) is 0. The first kappa shape index (κ1) is 18.6. The second-order valence-corrected chi connectivity index (χ2v) is 6.24. The Bertz CT molecular complexity index is 662. The summed E-state index contributed by atoms with van der Waals surface area (Å²) in [5.74, 6) is -0.982. The van der Waals surface area contributed by atoms with Crippen molar-refractivity contribution in [3.8, 4) is 0 Å². The summed E-state index contributed by atoms with van der Waals surface area (Å²) in [7, 11) is 0. The van der Waals surface area contributed by atoms with Crippen LogP contribution in [0, 0.1) is 11.8 Å². The van der Waals surface area contributed by atoms with Crippen LogP contribution in [0.4, 0.5) is 0 Å². The predicted octanol–water partition coefficient (Wildman–Crippen LogP) is 3.53. The summed E-state index contributed by atoms with van der Waals surface area (Å²) >= 11 is 0. The van der Waals surface area contributed by atoms with Crippen molar-refractivity contribution in [3.63, 3.8) is 0 Å². The lowest BCUT2D eigenvalue weighted by Gasteiger charge is -2.14. The van der Waals surface area contributed by atoms with Crippen molar-refractivity contribution >= 4 is 23.9 Å². The van der Waals surface area contributed by atoms with Gasteiger partial charge in [0, 0.05) is 18.9 Å². The molecule has 1 aliphatic heterocycles. The molecule has 1 aromatic carbocycles. The summed E-state index contributed by atoms with van der Waals surface area (Å²) in [6.07, 6.45) is 8.10. The van der Waals surface area contributed by atoms with Crippen LogP contribution in [0.5, 0.6) is 0 Å². The van der Waals surface area contributed by atoms with Gasteiger partial charge in [-0.2, -0.15) is 0 Å². The van der Waals surface area contributed by atoms with E-state index in [2.05, 4.69) is 26.0 Å². The summed E-state index contributed by atoms with van der Waals surface area (Å²) in [6.45, 7) is 4.22. The topological polar surface area (TPSA) is 63.7 Å². The van der Waals surface area contributed by atoms with Crippen LogP contribution in [0.15, 0.2) is 48.6 Å². The smallest absolute Gasteiger partial charge is 0.326 e. The van der Waals surface area contributed by atoms with E-state index in [0.29, 0.717) is 23.3 Å². The highest BCUT2D eigenvalue weighted by Gasteiger charge is 2.32. The number of imide groups is 1. The van der Waals surface area contributed by atoms with Crippen molar-refractivity contribution in [2.75, 3.05) is 0 Å². The van der Waals surface area contributed by atoms with E-state index >= 15 is 0 Å². The molecule has 5 heteroatoms. The Morgan fingerprint density at radius 3 is 2.44 bits per heavy atom. The van der Waals surface area contributed by atoms with Crippen molar-refractivity contribution in [1.29, 1.82) is 0 Å². The van der Waals surface area contributed by atoms with Crippen LogP contribution >= 0.6 is 0 Å². The van der Waals surface area contributed by atoms with E-state index in [9.17, 15) is 14.4 Å². The SMILES string of the molecule is C[C@H](/C=C/c1ccccc1)[C@@H](C)C/C=C/C(=O)ON1C(=O)CCC1=O. The van der Waals surface area contributed by atoms with Crippen molar-refractivity contribution in [2.45, 2.75) is 33.1 Å². The molecular formula is C20H23NO4. The number of rotatable bonds is 7. The van der Waals surface area contributed by atoms with E-state index < -0.39 is 17.8 Å². The summed E-state index contributed by atoms with van der Waals surface area (Å²) in [5.41, 5.74) is 1.15. The Kier molecular flexibility index (Phi) is 6.69. The zero-order valence-electron chi connectivity index (χ0n) is 14.6. The van der Waals surface area contributed by atoms with E-state index in [4.69, 9.17) is 4.84 Å². The molecule has 0 unspecified atom stereocenters. The number of carbonyl (C=O) groups excluding carboxylic acids is 3. The molecule has 5 nitrogen and oxygen atoms in total. The van der Waals surface area contributed by atoms with Gasteiger partial charge < -0.3 is 4.84 Å². The number of benzene rings is 1. The van der Waals surface area contributed by atoms with Gasteiger partial charge in [-0.3, -0.25) is 9.59 Å². The number of amides is 2. The minimum atomic E-state index is -0.705. The molecule has 2 amide bonds. The molecule has 1 fully saturated rings. The fourth-order valence-electron chi connectivity index (χ4n) is 2.39. The molecule has 0 aliphatic carbocycles. The molecule has 2 atom stereocenters. The van der Waals surface area contributed by atoms with Crippen LogP contribution < -0.4 is 0 Å². The maximum atomic E-state index is 11.7. The van der Waals surface area contributed by atoms with Gasteiger partial charge in [0.1, 0.15) is 0 Å². The lowest BCUT2D eigenvalue weighted by atomic mass is 9.92. The molecule has 1 saturated heterocycles. The second-order valence-electron chi connectivity index (χ2n) is 6.24. The molecule has 132 valence electrons. The maximum absolute atomic E-state index is 11.7. The van der Waals surface area contributed by atoms with Gasteiger partial charge in [0.05, 0.1) is 0 Å². The Balaban J connectivity index is 1.78. The van der Waals surface area contributed by atoms with E-state index in [-0.39, 0.29) is 12.8 Å². The summed E-state index contributed by atoms with van der Waals surface area (Å²) < 4.78 is 0. The third kappa shape index (κ3) is 5.71. The number of nitrogens with zero attached hydrogens (tertiary/aromatic N) is 1. The van der Waals surface area contributed by atoms with E-state index in [1.807, 2.05) is 30.3 Å². The van der Waals surface area contributed by atoms with Crippen LogP contribution in [0.1, 0.15) is 38.7 Å². The average Bonchev–Trinajstić information content (AvgIpc) is 2.92. The van der Waals surface area contributed by atoms with Crippen LogP contribution in [0.2, 0.25) is 0 Å². The first-order valence-corrected chi connectivity index (χ1v) is 8.45. The molecule has 0 bridgehead atoms. The molecule has 25 heavy (non-hydrogen) atoms. The Morgan fingerprint density at radius 2 is 1.80 bits per heavy atom. The molecule has 0 spiro atoms. The van der Waals surface area contributed by atoms with Gasteiger partial charge in [0.15, 0.2) is 0 Å². The lowest BCUT2D eigenvalue weighted by Crippen LogP contribution is -2.31. The van der Waals surface area contributed by atoms with Gasteiger partial charge in [-0.1, -0.05) is 62.4 Å². The Labute approximate surface area is 147 Å². The summed E-state index contributed by atoms with van der Waals surface area (Å²) in [6, 6.07) is 10.1. The van der Waals surface area contributed by atoms with Gasteiger partial charge in [-0.15, -0.1) is 5.06 Å². The number of carbonyl (C=O) groups is 3. The molecule has 0 N–H and O–H groups in total. The fourth-order valence-corrected chi connectivity index (χ4v) is 2.39. The van der Waals surface area contributed by atoms with Crippen molar-refractivity contribution in [1.82, 2.24) is 5.06 Å². The quantitative estimate of drug-likeness (QED) is 0.562. The maximum Gasteiger partial charge on any atom is 0.356 e. The van der Waals surface area contributed by atoms with Crippen LogP contribution in [0.25, 0.3) is 6.08 Å². The third-order valence-electron chi connectivity index (χ3n) is 4.24. The standard InChI is InChI=1S/C20H23NO4/c1-15(16(2)11-12-17-8-4-3-5-9-17)7-6-10-20(24)25-21-18(22)13-14-19(21)23/h3-6,8-12,15-16H,7,13-14H2,1-2H3/b10-6+,12-11+/t15-,16+/m0/s1. The van der Waals surface area contributed by atoms with Crippen LogP contribution in [0.3, 0.4) is 0 Å². The first-order valence-electron chi connectivity index (χ1n) is 8.45. The van der Waals surface area contributed by atoms with Crippen molar-refractivity contribution in [3.05, 3.63) is 54.1 Å². The number of hydroxylamine groups is 2. The summed E-state index contributed by atoms with van der Waals surface area (Å²) in [4.78, 5) is 39.2. The largest absolute Gasteiger partial charge is 0.356 e. The molecular weight excluding hydrogens is 318 g/mol. The molecule has 0 aromatic heterocycles. The first-order chi connectivity index (χ1) is 12.0. The highest BCUT2D eigenvalue weighted by Crippen LogP contribution is 2.18. The van der Waals surface area contributed by atoms with Crippen molar-refractivity contribution < 1.29 is 19.2 Å². The number of allylic oxidation sites excluding steroid dienone is 2. The summed E-state index contributed by atoms with van der Waals surface area (Å²) in [5, 5.41) is 0.557. The lowest BCUT2D eigenvalue weighted by molar-refractivity contribution is -0.193. The van der Waals surface area contributed by atoms with E-state index in [1.54, 1.807) is 6.08 Å². The van der Waals surface area contributed by atoms with Gasteiger partial charge >= 0.3 is 5.97 Å². The molecule has 0 saturated carbocycles. The molecule has 1 aliphatic rings. The van der Waals surface area contributed by atoms with Crippen LogP contribution in [-0.4, -0.2) is 22.8 Å². The molecule has 2 rings (SSSR count). The molecule has 1 aromatic rings. The van der Waals surface area contributed by atoms with E-state index in [0.717, 1.165) is 5.56 Å². The van der Waals surface area contributed by atoms with Crippen LogP contribution in [-0.2, 0) is 19.2 Å². The highest BCUT2D eigenvalue weighted by molar-refractivity contribution is 6.02. The van der Waals surface area contributed by atoms with E-state index in [1.165, 1.54) is 6.08 Å². The van der Waals surface area contributed by atoms with Gasteiger partial charge in [-0.05, 0) is 23.8 Å². The number of hydrogen-bond acceptors (Lipinski definition) is 4. The minimum Gasteiger partial charge on any atom is -0.326 e. The van der Waals surface area contributed by atoms with Crippen molar-refractivity contribution in [2.24, 2.45) is 11.8 Å². The third-order valence-corrected chi connectivity index (χ3v) is 4.24. The minimum absolute atomic E-state index is 0.0954. The fraction of sp³-hybridized carbons (Fsp3) is 0.350. The van der Waals surface area contributed by atoms with Gasteiger partial charge in [0.25, 0.3) is 11.8 Å². The zero-order valence-corrected chi connectivity index (χ0v) is 14.6. The normalized spacial score (nSPS) is 17.4. The second kappa shape index (κ2) is 8.97. The molecule has 0 radical (unpaired) electrons. The van der Waals surface area contributed by atoms with Gasteiger partial charge in [-0.25, -0.2) is 4.79 Å². The monoisotopic (exact) mass is 341 g/mol. The van der Waals surface area contributed by atoms with Gasteiger partial charge in [0.2, 0.25) is 0 Å². The highest BCUT2D eigenvalue weighted by atomic mass is 16.7.